The zero-order chi connectivity index (χ0) is 15.7. The number of aromatic hydroxyl groups is 1. The Hall–Kier alpha value is -2.06. The summed E-state index contributed by atoms with van der Waals surface area (Å²) < 4.78 is 4.92. The van der Waals surface area contributed by atoms with Crippen molar-refractivity contribution >= 4 is 5.97 Å². The summed E-state index contributed by atoms with van der Waals surface area (Å²) in [7, 11) is 0. The van der Waals surface area contributed by atoms with Gasteiger partial charge in [-0.05, 0) is 37.6 Å². The number of rotatable bonds is 8. The van der Waals surface area contributed by atoms with E-state index in [0.717, 1.165) is 12.0 Å². The van der Waals surface area contributed by atoms with Crippen molar-refractivity contribution in [2.24, 2.45) is 0 Å². The summed E-state index contributed by atoms with van der Waals surface area (Å²) in [5.74, 6) is -0.124. The predicted molar refractivity (Wildman–Crippen MR) is 79.6 cm³/mol. The van der Waals surface area contributed by atoms with E-state index in [4.69, 9.17) is 4.74 Å². The SMILES string of the molecule is CCCN(CCC(=O)OCC)C(C#N)c1cccc(O)c1. The maximum atomic E-state index is 11.5. The number of benzene rings is 1. The van der Waals surface area contributed by atoms with Gasteiger partial charge in [-0.1, -0.05) is 19.1 Å². The van der Waals surface area contributed by atoms with E-state index >= 15 is 0 Å². The standard InChI is InChI=1S/C16H22N2O3/c1-3-9-18(10-8-16(20)21-4-2)15(12-17)13-6-5-7-14(19)11-13/h5-7,11,15,19H,3-4,8-10H2,1-2H3. The molecular formula is C16H22N2O3. The van der Waals surface area contributed by atoms with E-state index in [2.05, 4.69) is 6.07 Å². The zero-order valence-electron chi connectivity index (χ0n) is 12.6. The van der Waals surface area contributed by atoms with E-state index in [1.807, 2.05) is 11.8 Å². The molecule has 0 saturated heterocycles. The first-order chi connectivity index (χ1) is 10.1. The van der Waals surface area contributed by atoms with Crippen molar-refractivity contribution in [3.05, 3.63) is 29.8 Å². The molecule has 1 unspecified atom stereocenters. The van der Waals surface area contributed by atoms with Gasteiger partial charge in [-0.15, -0.1) is 0 Å². The van der Waals surface area contributed by atoms with Gasteiger partial charge >= 0.3 is 5.97 Å². The molecule has 1 rings (SSSR count). The van der Waals surface area contributed by atoms with Crippen LogP contribution in [0.3, 0.4) is 0 Å². The second-order valence-electron chi connectivity index (χ2n) is 4.72. The van der Waals surface area contributed by atoms with E-state index in [-0.39, 0.29) is 18.1 Å². The van der Waals surface area contributed by atoms with Crippen LogP contribution in [0.25, 0.3) is 0 Å². The van der Waals surface area contributed by atoms with Crippen LogP contribution in [0, 0.1) is 11.3 Å². The van der Waals surface area contributed by atoms with Gasteiger partial charge in [-0.25, -0.2) is 0 Å². The van der Waals surface area contributed by atoms with Crippen molar-refractivity contribution in [1.29, 1.82) is 5.26 Å². The van der Waals surface area contributed by atoms with Crippen LogP contribution in [0.1, 0.15) is 38.3 Å². The maximum Gasteiger partial charge on any atom is 0.307 e. The molecule has 0 aliphatic rings. The van der Waals surface area contributed by atoms with Crippen molar-refractivity contribution in [1.82, 2.24) is 4.90 Å². The highest BCUT2D eigenvalue weighted by molar-refractivity contribution is 5.69. The Bertz CT molecular complexity index is 497. The number of phenols is 1. The van der Waals surface area contributed by atoms with E-state index in [1.165, 1.54) is 0 Å². The largest absolute Gasteiger partial charge is 0.508 e. The maximum absolute atomic E-state index is 11.5. The van der Waals surface area contributed by atoms with Gasteiger partial charge in [0.1, 0.15) is 11.8 Å². The van der Waals surface area contributed by atoms with Crippen molar-refractivity contribution in [2.75, 3.05) is 19.7 Å². The summed E-state index contributed by atoms with van der Waals surface area (Å²) in [6.45, 7) is 5.31. The highest BCUT2D eigenvalue weighted by Crippen LogP contribution is 2.23. The van der Waals surface area contributed by atoms with Crippen molar-refractivity contribution < 1.29 is 14.6 Å². The summed E-state index contributed by atoms with van der Waals surface area (Å²) in [4.78, 5) is 13.4. The zero-order valence-corrected chi connectivity index (χ0v) is 12.6. The van der Waals surface area contributed by atoms with Gasteiger partial charge < -0.3 is 9.84 Å². The number of carbonyl (C=O) groups excluding carboxylic acids is 1. The molecule has 5 heteroatoms. The third-order valence-corrected chi connectivity index (χ3v) is 3.09. The van der Waals surface area contributed by atoms with E-state index in [1.54, 1.807) is 31.2 Å². The molecule has 0 bridgehead atoms. The third-order valence-electron chi connectivity index (χ3n) is 3.09. The fraction of sp³-hybridized carbons (Fsp3) is 0.500. The summed E-state index contributed by atoms with van der Waals surface area (Å²) in [6, 6.07) is 8.44. The predicted octanol–water partition coefficient (Wildman–Crippen LogP) is 2.62. The second kappa shape index (κ2) is 8.98. The third kappa shape index (κ3) is 5.44. The van der Waals surface area contributed by atoms with Gasteiger partial charge in [0.25, 0.3) is 0 Å². The minimum absolute atomic E-state index is 0.134. The first-order valence-corrected chi connectivity index (χ1v) is 7.20. The quantitative estimate of drug-likeness (QED) is 0.745. The monoisotopic (exact) mass is 290 g/mol. The Morgan fingerprint density at radius 3 is 2.76 bits per heavy atom. The number of hydrogen-bond donors (Lipinski definition) is 1. The van der Waals surface area contributed by atoms with Crippen molar-refractivity contribution in [2.45, 2.75) is 32.7 Å². The summed E-state index contributed by atoms with van der Waals surface area (Å²) >= 11 is 0. The number of esters is 1. The summed E-state index contributed by atoms with van der Waals surface area (Å²) in [5.41, 5.74) is 0.731. The van der Waals surface area contributed by atoms with E-state index in [0.29, 0.717) is 19.7 Å². The van der Waals surface area contributed by atoms with Gasteiger partial charge in [0.15, 0.2) is 0 Å². The lowest BCUT2D eigenvalue weighted by Crippen LogP contribution is -2.31. The molecule has 21 heavy (non-hydrogen) atoms. The Morgan fingerprint density at radius 2 is 2.19 bits per heavy atom. The smallest absolute Gasteiger partial charge is 0.307 e. The van der Waals surface area contributed by atoms with Crippen LogP contribution in [-0.2, 0) is 9.53 Å². The molecule has 0 aliphatic carbocycles. The molecule has 0 aromatic heterocycles. The molecule has 0 spiro atoms. The van der Waals surface area contributed by atoms with E-state index in [9.17, 15) is 15.2 Å². The van der Waals surface area contributed by atoms with Crippen LogP contribution in [-0.4, -0.2) is 35.7 Å². The molecular weight excluding hydrogens is 268 g/mol. The molecule has 0 amide bonds. The first-order valence-electron chi connectivity index (χ1n) is 7.20. The topological polar surface area (TPSA) is 73.6 Å². The highest BCUT2D eigenvalue weighted by Gasteiger charge is 2.20. The number of nitriles is 1. The Balaban J connectivity index is 2.81. The van der Waals surface area contributed by atoms with Gasteiger partial charge in [0.05, 0.1) is 19.1 Å². The molecule has 0 aliphatic heterocycles. The fourth-order valence-electron chi connectivity index (χ4n) is 2.19. The van der Waals surface area contributed by atoms with E-state index < -0.39 is 6.04 Å². The number of ether oxygens (including phenoxy) is 1. The molecule has 1 aromatic rings. The van der Waals surface area contributed by atoms with Crippen LogP contribution in [0.15, 0.2) is 24.3 Å². The molecule has 0 radical (unpaired) electrons. The number of hydrogen-bond acceptors (Lipinski definition) is 5. The Morgan fingerprint density at radius 1 is 1.43 bits per heavy atom. The van der Waals surface area contributed by atoms with Gasteiger partial charge in [-0.3, -0.25) is 9.69 Å². The van der Waals surface area contributed by atoms with Crippen LogP contribution in [0.2, 0.25) is 0 Å². The minimum atomic E-state index is -0.480. The Kier molecular flexibility index (Phi) is 7.27. The molecule has 1 N–H and O–H groups in total. The Labute approximate surface area is 125 Å². The lowest BCUT2D eigenvalue weighted by atomic mass is 10.1. The summed E-state index contributed by atoms with van der Waals surface area (Å²) in [5, 5.41) is 19.0. The molecule has 5 nitrogen and oxygen atoms in total. The molecule has 0 fully saturated rings. The second-order valence-corrected chi connectivity index (χ2v) is 4.72. The lowest BCUT2D eigenvalue weighted by molar-refractivity contribution is -0.143. The first kappa shape index (κ1) is 17.0. The van der Waals surface area contributed by atoms with Gasteiger partial charge in [-0.2, -0.15) is 5.26 Å². The minimum Gasteiger partial charge on any atom is -0.508 e. The highest BCUT2D eigenvalue weighted by atomic mass is 16.5. The lowest BCUT2D eigenvalue weighted by Gasteiger charge is -2.26. The molecule has 0 heterocycles. The van der Waals surface area contributed by atoms with Crippen LogP contribution in [0.5, 0.6) is 5.75 Å². The number of phenolic OH excluding ortho intramolecular Hbond substituents is 1. The summed E-state index contributed by atoms with van der Waals surface area (Å²) in [6.07, 6.45) is 1.13. The van der Waals surface area contributed by atoms with Crippen molar-refractivity contribution in [3.63, 3.8) is 0 Å². The molecule has 0 saturated carbocycles. The molecule has 114 valence electrons. The average molecular weight is 290 g/mol. The number of carbonyl (C=O) groups is 1. The van der Waals surface area contributed by atoms with Gasteiger partial charge in [0.2, 0.25) is 0 Å². The van der Waals surface area contributed by atoms with Crippen molar-refractivity contribution in [3.8, 4) is 11.8 Å². The molecule has 1 aromatic carbocycles. The normalized spacial score (nSPS) is 11.9. The van der Waals surface area contributed by atoms with Gasteiger partial charge in [0, 0.05) is 6.54 Å². The average Bonchev–Trinajstić information content (AvgIpc) is 2.46. The van der Waals surface area contributed by atoms with Crippen LogP contribution < -0.4 is 0 Å². The fourth-order valence-corrected chi connectivity index (χ4v) is 2.19. The molecule has 1 atom stereocenters. The number of nitrogens with zero attached hydrogens (tertiary/aromatic N) is 2. The van der Waals surface area contributed by atoms with Crippen LogP contribution >= 0.6 is 0 Å². The van der Waals surface area contributed by atoms with Crippen LogP contribution in [0.4, 0.5) is 0 Å².